The zero-order valence-corrected chi connectivity index (χ0v) is 14.0. The van der Waals surface area contributed by atoms with Crippen LogP contribution < -0.4 is 0 Å². The highest BCUT2D eigenvalue weighted by Crippen LogP contribution is 2.43. The molecule has 1 fully saturated rings. The molecular formula is C20H21N3O. The molecule has 1 heterocycles. The summed E-state index contributed by atoms with van der Waals surface area (Å²) in [5, 5.41) is 9.05. The van der Waals surface area contributed by atoms with Crippen molar-refractivity contribution in [1.29, 1.82) is 5.26 Å². The van der Waals surface area contributed by atoms with E-state index in [4.69, 9.17) is 5.26 Å². The maximum Gasteiger partial charge on any atom is 0.232 e. The zero-order valence-electron chi connectivity index (χ0n) is 14.0. The van der Waals surface area contributed by atoms with E-state index in [9.17, 15) is 4.79 Å². The molecule has 1 saturated carbocycles. The van der Waals surface area contributed by atoms with E-state index < -0.39 is 0 Å². The summed E-state index contributed by atoms with van der Waals surface area (Å²) in [4.78, 5) is 21.0. The van der Waals surface area contributed by atoms with Gasteiger partial charge in [-0.15, -0.1) is 0 Å². The summed E-state index contributed by atoms with van der Waals surface area (Å²) in [6.45, 7) is 2.04. The lowest BCUT2D eigenvalue weighted by Gasteiger charge is -2.27. The topological polar surface area (TPSA) is 66.6 Å². The van der Waals surface area contributed by atoms with Crippen molar-refractivity contribution in [3.05, 3.63) is 59.2 Å². The molecule has 1 aliphatic carbocycles. The number of hydrogen-bond acceptors (Lipinski definition) is 4. The van der Waals surface area contributed by atoms with Gasteiger partial charge in [-0.3, -0.25) is 4.79 Å². The van der Waals surface area contributed by atoms with Crippen LogP contribution in [-0.2, 0) is 16.6 Å². The first-order valence-electron chi connectivity index (χ1n) is 8.42. The Morgan fingerprint density at radius 3 is 2.58 bits per heavy atom. The molecule has 0 N–H and O–H groups in total. The van der Waals surface area contributed by atoms with Crippen LogP contribution in [0.25, 0.3) is 0 Å². The second kappa shape index (κ2) is 6.92. The van der Waals surface area contributed by atoms with Crippen molar-refractivity contribution in [2.45, 2.75) is 50.9 Å². The normalized spacial score (nSPS) is 15.8. The number of carbonyl (C=O) groups excluding carboxylic acids is 1. The van der Waals surface area contributed by atoms with Gasteiger partial charge >= 0.3 is 0 Å². The number of rotatable bonds is 5. The molecule has 0 spiro atoms. The van der Waals surface area contributed by atoms with Crippen LogP contribution in [0.15, 0.2) is 36.5 Å². The van der Waals surface area contributed by atoms with E-state index in [0.717, 1.165) is 36.9 Å². The van der Waals surface area contributed by atoms with Crippen molar-refractivity contribution in [3.8, 4) is 6.07 Å². The van der Waals surface area contributed by atoms with Crippen molar-refractivity contribution < 1.29 is 4.79 Å². The van der Waals surface area contributed by atoms with E-state index in [1.54, 1.807) is 6.20 Å². The van der Waals surface area contributed by atoms with Gasteiger partial charge in [0.25, 0.3) is 0 Å². The maximum absolute atomic E-state index is 12.7. The van der Waals surface area contributed by atoms with Gasteiger partial charge in [0.05, 0.1) is 5.69 Å². The molecule has 0 unspecified atom stereocenters. The van der Waals surface area contributed by atoms with Gasteiger partial charge in [0.15, 0.2) is 0 Å². The fraction of sp³-hybridized carbons (Fsp3) is 0.400. The van der Waals surface area contributed by atoms with Gasteiger partial charge in [0.2, 0.25) is 5.82 Å². The quantitative estimate of drug-likeness (QED) is 0.843. The van der Waals surface area contributed by atoms with E-state index in [-0.39, 0.29) is 17.0 Å². The summed E-state index contributed by atoms with van der Waals surface area (Å²) in [5.74, 6) is 0.419. The first kappa shape index (κ1) is 16.3. The number of hydrogen-bond donors (Lipinski definition) is 0. The van der Waals surface area contributed by atoms with Crippen LogP contribution in [-0.4, -0.2) is 15.8 Å². The lowest BCUT2D eigenvalue weighted by Crippen LogP contribution is -2.28. The van der Waals surface area contributed by atoms with Crippen molar-refractivity contribution in [2.75, 3.05) is 0 Å². The molecule has 4 nitrogen and oxygen atoms in total. The SMILES string of the molecule is Cc1ccc(CC(=O)CC2(c3ccnc(C#N)n3)CCCC2)cc1. The van der Waals surface area contributed by atoms with Gasteiger partial charge in [0, 0.05) is 24.5 Å². The summed E-state index contributed by atoms with van der Waals surface area (Å²) in [7, 11) is 0. The first-order chi connectivity index (χ1) is 11.6. The fourth-order valence-corrected chi connectivity index (χ4v) is 3.66. The summed E-state index contributed by atoms with van der Waals surface area (Å²) >= 11 is 0. The Labute approximate surface area is 142 Å². The van der Waals surface area contributed by atoms with Gasteiger partial charge in [0.1, 0.15) is 11.9 Å². The number of aromatic nitrogens is 2. The average Bonchev–Trinajstić information content (AvgIpc) is 3.06. The first-order valence-corrected chi connectivity index (χ1v) is 8.42. The molecule has 122 valence electrons. The van der Waals surface area contributed by atoms with Gasteiger partial charge in [-0.1, -0.05) is 42.7 Å². The third-order valence-corrected chi connectivity index (χ3v) is 4.92. The molecule has 0 saturated heterocycles. The van der Waals surface area contributed by atoms with Crippen molar-refractivity contribution in [1.82, 2.24) is 9.97 Å². The van der Waals surface area contributed by atoms with Crippen molar-refractivity contribution in [3.63, 3.8) is 0 Å². The van der Waals surface area contributed by atoms with Gasteiger partial charge in [-0.25, -0.2) is 9.97 Å². The largest absolute Gasteiger partial charge is 0.299 e. The van der Waals surface area contributed by atoms with Crippen molar-refractivity contribution >= 4 is 5.78 Å². The van der Waals surface area contributed by atoms with E-state index in [1.807, 2.05) is 43.3 Å². The van der Waals surface area contributed by atoms with E-state index in [0.29, 0.717) is 12.8 Å². The lowest BCUT2D eigenvalue weighted by atomic mass is 9.77. The zero-order chi connectivity index (χ0) is 17.0. The minimum Gasteiger partial charge on any atom is -0.299 e. The molecular weight excluding hydrogens is 298 g/mol. The molecule has 0 radical (unpaired) electrons. The maximum atomic E-state index is 12.7. The van der Waals surface area contributed by atoms with E-state index >= 15 is 0 Å². The Balaban J connectivity index is 1.79. The van der Waals surface area contributed by atoms with Crippen LogP contribution in [0.3, 0.4) is 0 Å². The number of nitrogens with zero attached hydrogens (tertiary/aromatic N) is 3. The van der Waals surface area contributed by atoms with Crippen LogP contribution >= 0.6 is 0 Å². The monoisotopic (exact) mass is 319 g/mol. The number of ketones is 1. The standard InChI is InChI=1S/C20H21N3O/c1-15-4-6-16(7-5-15)12-17(24)13-20(9-2-3-10-20)18-8-11-22-19(14-21)23-18/h4-8,11H,2-3,9-10,12-13H2,1H3. The predicted molar refractivity (Wildman–Crippen MR) is 91.4 cm³/mol. The molecule has 3 rings (SSSR count). The fourth-order valence-electron chi connectivity index (χ4n) is 3.66. The van der Waals surface area contributed by atoms with Crippen LogP contribution in [0.2, 0.25) is 0 Å². The number of nitriles is 1. The minimum absolute atomic E-state index is 0.185. The predicted octanol–water partition coefficient (Wildman–Crippen LogP) is 3.67. The second-order valence-electron chi connectivity index (χ2n) is 6.74. The minimum atomic E-state index is -0.226. The van der Waals surface area contributed by atoms with Gasteiger partial charge in [-0.2, -0.15) is 5.26 Å². The summed E-state index contributed by atoms with van der Waals surface area (Å²) < 4.78 is 0. The molecule has 0 bridgehead atoms. The second-order valence-corrected chi connectivity index (χ2v) is 6.74. The van der Waals surface area contributed by atoms with Crippen LogP contribution in [0.1, 0.15) is 54.7 Å². The average molecular weight is 319 g/mol. The van der Waals surface area contributed by atoms with Crippen LogP contribution in [0.4, 0.5) is 0 Å². The van der Waals surface area contributed by atoms with Gasteiger partial charge in [-0.05, 0) is 31.4 Å². The number of benzene rings is 1. The molecule has 4 heteroatoms. The molecule has 1 aromatic carbocycles. The number of carbonyl (C=O) groups is 1. The summed E-state index contributed by atoms with van der Waals surface area (Å²) in [6.07, 6.45) is 6.68. The lowest BCUT2D eigenvalue weighted by molar-refractivity contribution is -0.119. The third-order valence-electron chi connectivity index (χ3n) is 4.92. The van der Waals surface area contributed by atoms with Crippen LogP contribution in [0, 0.1) is 18.3 Å². The Morgan fingerprint density at radius 2 is 1.92 bits per heavy atom. The molecule has 0 amide bonds. The Bertz CT molecular complexity index is 768. The molecule has 1 aliphatic rings. The van der Waals surface area contributed by atoms with E-state index in [1.165, 1.54) is 5.56 Å². The molecule has 24 heavy (non-hydrogen) atoms. The summed E-state index contributed by atoms with van der Waals surface area (Å²) in [6, 6.07) is 12.0. The molecule has 0 atom stereocenters. The molecule has 1 aromatic heterocycles. The third kappa shape index (κ3) is 3.51. The van der Waals surface area contributed by atoms with Crippen LogP contribution in [0.5, 0.6) is 0 Å². The Hall–Kier alpha value is -2.54. The highest BCUT2D eigenvalue weighted by molar-refractivity contribution is 5.82. The Kier molecular flexibility index (Phi) is 4.71. The van der Waals surface area contributed by atoms with Crippen molar-refractivity contribution in [2.24, 2.45) is 0 Å². The van der Waals surface area contributed by atoms with Gasteiger partial charge < -0.3 is 0 Å². The summed E-state index contributed by atoms with van der Waals surface area (Å²) in [5.41, 5.74) is 2.88. The van der Waals surface area contributed by atoms with E-state index in [2.05, 4.69) is 9.97 Å². The molecule has 0 aliphatic heterocycles. The highest BCUT2D eigenvalue weighted by atomic mass is 16.1. The number of Topliss-reactive ketones (excluding diaryl/α,β-unsaturated/α-hetero) is 1. The Morgan fingerprint density at radius 1 is 1.21 bits per heavy atom. The smallest absolute Gasteiger partial charge is 0.232 e. The number of aryl methyl sites for hydroxylation is 1. The highest BCUT2D eigenvalue weighted by Gasteiger charge is 2.38. The molecule has 2 aromatic rings.